The van der Waals surface area contributed by atoms with Crippen molar-refractivity contribution in [3.63, 3.8) is 0 Å². The number of nitrogens with one attached hydrogen (secondary N) is 1. The first-order chi connectivity index (χ1) is 6.85. The third-order valence-corrected chi connectivity index (χ3v) is 3.44. The van der Waals surface area contributed by atoms with Crippen LogP contribution in [0.5, 0.6) is 5.75 Å². The highest BCUT2D eigenvalue weighted by Crippen LogP contribution is 2.39. The van der Waals surface area contributed by atoms with Crippen LogP contribution in [-0.2, 0) is 0 Å². The molecule has 0 saturated heterocycles. The van der Waals surface area contributed by atoms with Crippen LogP contribution >= 0.6 is 11.8 Å². The summed E-state index contributed by atoms with van der Waals surface area (Å²) in [5, 5.41) is 12.3. The van der Waals surface area contributed by atoms with E-state index in [2.05, 4.69) is 11.4 Å². The first kappa shape index (κ1) is 9.68. The number of para-hydroxylation sites is 1. The van der Waals surface area contributed by atoms with Crippen molar-refractivity contribution < 1.29 is 9.84 Å². The number of aliphatic hydroxyl groups excluding tert-OH is 1. The topological polar surface area (TPSA) is 41.5 Å². The van der Waals surface area contributed by atoms with E-state index in [1.807, 2.05) is 12.1 Å². The smallest absolute Gasteiger partial charge is 0.143 e. The standard InChI is InChI=1S/C10H13NO2S/c1-13-8-3-2-4-9-10(8)11-7(5-12)6-14-9/h2-4,7,11-12H,5-6H2,1H3. The number of methoxy groups -OCH3 is 1. The van der Waals surface area contributed by atoms with Crippen LogP contribution in [0.25, 0.3) is 0 Å². The van der Waals surface area contributed by atoms with Gasteiger partial charge in [-0.25, -0.2) is 0 Å². The zero-order valence-corrected chi connectivity index (χ0v) is 8.80. The van der Waals surface area contributed by atoms with Crippen molar-refractivity contribution in [2.75, 3.05) is 24.8 Å². The Balaban J connectivity index is 2.33. The summed E-state index contributed by atoms with van der Waals surface area (Å²) >= 11 is 1.75. The molecular weight excluding hydrogens is 198 g/mol. The molecule has 0 aromatic heterocycles. The van der Waals surface area contributed by atoms with Gasteiger partial charge >= 0.3 is 0 Å². The second-order valence-electron chi connectivity index (χ2n) is 3.17. The third-order valence-electron chi connectivity index (χ3n) is 2.22. The number of ether oxygens (including phenoxy) is 1. The Morgan fingerprint density at radius 1 is 1.64 bits per heavy atom. The molecular formula is C10H13NO2S. The first-order valence-electron chi connectivity index (χ1n) is 4.52. The van der Waals surface area contributed by atoms with E-state index < -0.39 is 0 Å². The number of thioether (sulfide) groups is 1. The number of aliphatic hydroxyl groups is 1. The minimum absolute atomic E-state index is 0.129. The predicted molar refractivity (Wildman–Crippen MR) is 58.2 cm³/mol. The molecule has 0 aliphatic carbocycles. The van der Waals surface area contributed by atoms with Gasteiger partial charge in [0, 0.05) is 10.6 Å². The monoisotopic (exact) mass is 211 g/mol. The van der Waals surface area contributed by atoms with Crippen molar-refractivity contribution >= 4 is 17.4 Å². The van der Waals surface area contributed by atoms with Gasteiger partial charge < -0.3 is 15.2 Å². The predicted octanol–water partition coefficient (Wildman–Crippen LogP) is 1.57. The lowest BCUT2D eigenvalue weighted by Crippen LogP contribution is -2.29. The lowest BCUT2D eigenvalue weighted by atomic mass is 10.2. The molecule has 1 heterocycles. The van der Waals surface area contributed by atoms with Gasteiger partial charge in [0.05, 0.1) is 25.4 Å². The van der Waals surface area contributed by atoms with Crippen molar-refractivity contribution in [1.82, 2.24) is 0 Å². The number of rotatable bonds is 2. The summed E-state index contributed by atoms with van der Waals surface area (Å²) in [5.74, 6) is 1.74. The fourth-order valence-corrected chi connectivity index (χ4v) is 2.53. The number of fused-ring (bicyclic) bond motifs is 1. The number of anilines is 1. The zero-order chi connectivity index (χ0) is 9.97. The van der Waals surface area contributed by atoms with Gasteiger partial charge in [0.15, 0.2) is 0 Å². The summed E-state index contributed by atoms with van der Waals surface area (Å²) in [6.07, 6.45) is 0. The molecule has 1 aliphatic rings. The van der Waals surface area contributed by atoms with Crippen LogP contribution in [0.2, 0.25) is 0 Å². The molecule has 0 spiro atoms. The van der Waals surface area contributed by atoms with Crippen molar-refractivity contribution in [2.45, 2.75) is 10.9 Å². The second kappa shape index (κ2) is 4.11. The summed E-state index contributed by atoms with van der Waals surface area (Å²) in [4.78, 5) is 1.19. The summed E-state index contributed by atoms with van der Waals surface area (Å²) in [6.45, 7) is 0.157. The summed E-state index contributed by atoms with van der Waals surface area (Å²) < 4.78 is 5.25. The molecule has 76 valence electrons. The lowest BCUT2D eigenvalue weighted by Gasteiger charge is -2.26. The highest BCUT2D eigenvalue weighted by Gasteiger charge is 2.20. The van der Waals surface area contributed by atoms with Crippen LogP contribution in [0.15, 0.2) is 23.1 Å². The van der Waals surface area contributed by atoms with E-state index in [0.29, 0.717) is 0 Å². The van der Waals surface area contributed by atoms with Crippen molar-refractivity contribution in [1.29, 1.82) is 0 Å². The molecule has 0 saturated carbocycles. The van der Waals surface area contributed by atoms with Gasteiger partial charge in [0.1, 0.15) is 5.75 Å². The molecule has 14 heavy (non-hydrogen) atoms. The van der Waals surface area contributed by atoms with Crippen LogP contribution in [-0.4, -0.2) is 30.6 Å². The van der Waals surface area contributed by atoms with E-state index in [9.17, 15) is 0 Å². The SMILES string of the molecule is COc1cccc2c1NC(CO)CS2. The Labute approximate surface area is 87.5 Å². The van der Waals surface area contributed by atoms with E-state index in [4.69, 9.17) is 9.84 Å². The van der Waals surface area contributed by atoms with Crippen LogP contribution in [0.1, 0.15) is 0 Å². The molecule has 1 aromatic carbocycles. The van der Waals surface area contributed by atoms with E-state index >= 15 is 0 Å². The Bertz CT molecular complexity index is 316. The van der Waals surface area contributed by atoms with E-state index in [-0.39, 0.29) is 12.6 Å². The van der Waals surface area contributed by atoms with Crippen molar-refractivity contribution in [2.24, 2.45) is 0 Å². The van der Waals surface area contributed by atoms with E-state index in [0.717, 1.165) is 17.2 Å². The first-order valence-corrected chi connectivity index (χ1v) is 5.51. The average Bonchev–Trinajstić information content (AvgIpc) is 2.27. The highest BCUT2D eigenvalue weighted by atomic mass is 32.2. The van der Waals surface area contributed by atoms with Gasteiger partial charge in [-0.3, -0.25) is 0 Å². The minimum atomic E-state index is 0.129. The van der Waals surface area contributed by atoms with Gasteiger partial charge in [0.25, 0.3) is 0 Å². The molecule has 1 atom stereocenters. The third kappa shape index (κ3) is 1.67. The van der Waals surface area contributed by atoms with Crippen molar-refractivity contribution in [3.05, 3.63) is 18.2 Å². The number of hydrogen-bond donors (Lipinski definition) is 2. The molecule has 2 N–H and O–H groups in total. The number of hydrogen-bond acceptors (Lipinski definition) is 4. The maximum Gasteiger partial charge on any atom is 0.143 e. The minimum Gasteiger partial charge on any atom is -0.495 e. The van der Waals surface area contributed by atoms with E-state index in [1.54, 1.807) is 18.9 Å². The second-order valence-corrected chi connectivity index (χ2v) is 4.23. The van der Waals surface area contributed by atoms with Gasteiger partial charge in [-0.05, 0) is 12.1 Å². The molecule has 1 aromatic rings. The summed E-state index contributed by atoms with van der Waals surface area (Å²) in [5.41, 5.74) is 1.00. The molecule has 1 unspecified atom stereocenters. The fraction of sp³-hybridized carbons (Fsp3) is 0.400. The van der Waals surface area contributed by atoms with Gasteiger partial charge in [-0.15, -0.1) is 11.8 Å². The van der Waals surface area contributed by atoms with E-state index in [1.165, 1.54) is 4.90 Å². The Kier molecular flexibility index (Phi) is 2.84. The maximum atomic E-state index is 9.06. The lowest BCUT2D eigenvalue weighted by molar-refractivity contribution is 0.282. The molecule has 0 amide bonds. The summed E-state index contributed by atoms with van der Waals surface area (Å²) in [7, 11) is 1.66. The fourth-order valence-electron chi connectivity index (χ4n) is 1.48. The molecule has 4 heteroatoms. The quantitative estimate of drug-likeness (QED) is 0.779. The molecule has 0 radical (unpaired) electrons. The van der Waals surface area contributed by atoms with Gasteiger partial charge in [0.2, 0.25) is 0 Å². The number of benzene rings is 1. The molecule has 0 bridgehead atoms. The Morgan fingerprint density at radius 2 is 2.50 bits per heavy atom. The zero-order valence-electron chi connectivity index (χ0n) is 7.99. The largest absolute Gasteiger partial charge is 0.495 e. The summed E-state index contributed by atoms with van der Waals surface area (Å²) in [6, 6.07) is 6.09. The maximum absolute atomic E-state index is 9.06. The molecule has 1 aliphatic heterocycles. The normalized spacial score (nSPS) is 19.7. The molecule has 2 rings (SSSR count). The Hall–Kier alpha value is -0.870. The van der Waals surface area contributed by atoms with Gasteiger partial charge in [-0.1, -0.05) is 6.07 Å². The molecule has 3 nitrogen and oxygen atoms in total. The van der Waals surface area contributed by atoms with Crippen LogP contribution in [0.4, 0.5) is 5.69 Å². The van der Waals surface area contributed by atoms with Crippen LogP contribution < -0.4 is 10.1 Å². The molecule has 0 fully saturated rings. The van der Waals surface area contributed by atoms with Crippen molar-refractivity contribution in [3.8, 4) is 5.75 Å². The Morgan fingerprint density at radius 3 is 3.21 bits per heavy atom. The van der Waals surface area contributed by atoms with Crippen LogP contribution in [0, 0.1) is 0 Å². The average molecular weight is 211 g/mol. The highest BCUT2D eigenvalue weighted by molar-refractivity contribution is 7.99. The van der Waals surface area contributed by atoms with Gasteiger partial charge in [-0.2, -0.15) is 0 Å². The van der Waals surface area contributed by atoms with Crippen LogP contribution in [0.3, 0.4) is 0 Å².